The van der Waals surface area contributed by atoms with Gasteiger partial charge in [0.25, 0.3) is 0 Å². The van der Waals surface area contributed by atoms with Gasteiger partial charge in [0.05, 0.1) is 15.1 Å². The van der Waals surface area contributed by atoms with Crippen molar-refractivity contribution in [1.29, 1.82) is 0 Å². The molecule has 0 aromatic carbocycles. The van der Waals surface area contributed by atoms with Gasteiger partial charge in [-0.1, -0.05) is 18.0 Å². The van der Waals surface area contributed by atoms with E-state index in [2.05, 4.69) is 0 Å². The molecule has 5 heteroatoms. The van der Waals surface area contributed by atoms with Crippen molar-refractivity contribution in [2.24, 2.45) is 11.8 Å². The first-order valence-corrected chi connectivity index (χ1v) is 6.73. The molecule has 0 saturated heterocycles. The molecule has 1 aliphatic rings. The summed E-state index contributed by atoms with van der Waals surface area (Å²) < 4.78 is 0.609. The van der Waals surface area contributed by atoms with Crippen molar-refractivity contribution in [3.05, 3.63) is 20.8 Å². The number of ketones is 1. The number of thiophene rings is 1. The largest absolute Gasteiger partial charge is 0.481 e. The third-order valence-electron chi connectivity index (χ3n) is 3.27. The molecule has 0 radical (unpaired) electrons. The number of carboxylic acid groups (broad SMARTS) is 1. The van der Waals surface area contributed by atoms with Gasteiger partial charge in [-0.25, -0.2) is 0 Å². The zero-order valence-electron chi connectivity index (χ0n) is 9.40. The highest BCUT2D eigenvalue weighted by Crippen LogP contribution is 2.37. The Morgan fingerprint density at radius 1 is 1.41 bits per heavy atom. The summed E-state index contributed by atoms with van der Waals surface area (Å²) >= 11 is 7.18. The summed E-state index contributed by atoms with van der Waals surface area (Å²) in [5, 5.41) is 9.06. The highest BCUT2D eigenvalue weighted by Gasteiger charge is 2.38. The molecule has 1 heterocycles. The Kier molecular flexibility index (Phi) is 3.54. The van der Waals surface area contributed by atoms with Crippen molar-refractivity contribution in [1.82, 2.24) is 0 Å². The first kappa shape index (κ1) is 12.6. The number of carbonyl (C=O) groups excluding carboxylic acids is 1. The van der Waals surface area contributed by atoms with Crippen LogP contribution in [0.15, 0.2) is 6.07 Å². The first-order chi connectivity index (χ1) is 8.00. The minimum atomic E-state index is -0.861. The van der Waals surface area contributed by atoms with Crippen molar-refractivity contribution < 1.29 is 14.7 Å². The number of carboxylic acids is 1. The molecular weight excluding hydrogens is 260 g/mol. The molecule has 1 aromatic rings. The van der Waals surface area contributed by atoms with Crippen molar-refractivity contribution in [2.75, 3.05) is 0 Å². The lowest BCUT2D eigenvalue weighted by Gasteiger charge is -2.12. The topological polar surface area (TPSA) is 54.4 Å². The molecule has 92 valence electrons. The second-order valence-corrected chi connectivity index (χ2v) is 6.07. The van der Waals surface area contributed by atoms with Crippen LogP contribution in [0.3, 0.4) is 0 Å². The summed E-state index contributed by atoms with van der Waals surface area (Å²) in [5.41, 5.74) is 0.880. The van der Waals surface area contributed by atoms with Gasteiger partial charge in [-0.15, -0.1) is 11.3 Å². The second-order valence-electron chi connectivity index (χ2n) is 4.41. The van der Waals surface area contributed by atoms with Gasteiger partial charge in [-0.05, 0) is 31.4 Å². The molecule has 2 rings (SSSR count). The Morgan fingerprint density at radius 2 is 2.06 bits per heavy atom. The summed E-state index contributed by atoms with van der Waals surface area (Å²) in [6.07, 6.45) is 2.08. The van der Waals surface area contributed by atoms with Crippen LogP contribution in [0.25, 0.3) is 0 Å². The van der Waals surface area contributed by atoms with Crippen molar-refractivity contribution in [3.8, 4) is 0 Å². The summed E-state index contributed by atoms with van der Waals surface area (Å²) in [4.78, 5) is 23.8. The van der Waals surface area contributed by atoms with E-state index in [1.807, 2.05) is 6.92 Å². The van der Waals surface area contributed by atoms with Crippen LogP contribution in [-0.2, 0) is 4.79 Å². The normalized spacial score (nSPS) is 23.9. The van der Waals surface area contributed by atoms with Gasteiger partial charge in [-0.2, -0.15) is 0 Å². The second kappa shape index (κ2) is 4.78. The molecule has 0 bridgehead atoms. The average molecular weight is 273 g/mol. The summed E-state index contributed by atoms with van der Waals surface area (Å²) in [6, 6.07) is 1.76. The van der Waals surface area contributed by atoms with Crippen molar-refractivity contribution in [3.63, 3.8) is 0 Å². The molecular formula is C12H13ClO3S. The van der Waals surface area contributed by atoms with Crippen LogP contribution in [0.5, 0.6) is 0 Å². The fourth-order valence-electron chi connectivity index (χ4n) is 2.33. The first-order valence-electron chi connectivity index (χ1n) is 5.53. The smallest absolute Gasteiger partial charge is 0.307 e. The number of aliphatic carboxylic acids is 1. The van der Waals surface area contributed by atoms with Crippen LogP contribution in [0, 0.1) is 18.8 Å². The van der Waals surface area contributed by atoms with E-state index in [0.717, 1.165) is 12.0 Å². The monoisotopic (exact) mass is 272 g/mol. The maximum absolute atomic E-state index is 12.2. The van der Waals surface area contributed by atoms with Crippen LogP contribution in [-0.4, -0.2) is 16.9 Å². The molecule has 2 atom stereocenters. The highest BCUT2D eigenvalue weighted by atomic mass is 35.5. The summed E-state index contributed by atoms with van der Waals surface area (Å²) in [6.45, 7) is 1.85. The molecule has 1 fully saturated rings. The number of rotatable bonds is 3. The number of halogens is 1. The Bertz CT molecular complexity index is 447. The van der Waals surface area contributed by atoms with E-state index in [1.165, 1.54) is 11.3 Å². The zero-order valence-corrected chi connectivity index (χ0v) is 11.0. The van der Waals surface area contributed by atoms with E-state index < -0.39 is 11.9 Å². The number of carbonyl (C=O) groups is 2. The lowest BCUT2D eigenvalue weighted by molar-refractivity contribution is -0.142. The van der Waals surface area contributed by atoms with Gasteiger partial charge in [-0.3, -0.25) is 9.59 Å². The third kappa shape index (κ3) is 2.38. The molecule has 1 aromatic heterocycles. The van der Waals surface area contributed by atoms with Gasteiger partial charge in [0.15, 0.2) is 5.78 Å². The van der Waals surface area contributed by atoms with E-state index in [4.69, 9.17) is 16.7 Å². The van der Waals surface area contributed by atoms with Crippen LogP contribution in [0.2, 0.25) is 4.34 Å². The van der Waals surface area contributed by atoms with E-state index in [9.17, 15) is 9.59 Å². The van der Waals surface area contributed by atoms with E-state index >= 15 is 0 Å². The molecule has 0 spiro atoms. The fourth-order valence-corrected chi connectivity index (χ4v) is 3.54. The predicted molar refractivity (Wildman–Crippen MR) is 66.9 cm³/mol. The number of Topliss-reactive ketones (excluding diaryl/α,β-unsaturated/α-hetero) is 1. The van der Waals surface area contributed by atoms with Gasteiger partial charge in [0.2, 0.25) is 0 Å². The van der Waals surface area contributed by atoms with Gasteiger partial charge < -0.3 is 5.11 Å². The van der Waals surface area contributed by atoms with Gasteiger partial charge in [0, 0.05) is 5.92 Å². The van der Waals surface area contributed by atoms with E-state index in [1.54, 1.807) is 6.07 Å². The average Bonchev–Trinajstić information content (AvgIpc) is 2.85. The standard InChI is InChI=1S/C12H13ClO3S/c1-6-5-9(17-11(6)13)10(14)7-3-2-4-8(7)12(15)16/h5,7-8H,2-4H2,1H3,(H,15,16). The van der Waals surface area contributed by atoms with Crippen LogP contribution < -0.4 is 0 Å². The molecule has 1 N–H and O–H groups in total. The van der Waals surface area contributed by atoms with E-state index in [-0.39, 0.29) is 11.7 Å². The summed E-state index contributed by atoms with van der Waals surface area (Å²) in [7, 11) is 0. The highest BCUT2D eigenvalue weighted by molar-refractivity contribution is 7.18. The predicted octanol–water partition coefficient (Wildman–Crippen LogP) is 3.39. The molecule has 0 aliphatic heterocycles. The number of aryl methyl sites for hydroxylation is 1. The summed E-state index contributed by atoms with van der Waals surface area (Å²) in [5.74, 6) is -1.82. The zero-order chi connectivity index (χ0) is 12.6. The minimum Gasteiger partial charge on any atom is -0.481 e. The van der Waals surface area contributed by atoms with Crippen molar-refractivity contribution >= 4 is 34.7 Å². The van der Waals surface area contributed by atoms with Gasteiger partial charge >= 0.3 is 5.97 Å². The van der Waals surface area contributed by atoms with Crippen LogP contribution >= 0.6 is 22.9 Å². The quantitative estimate of drug-likeness (QED) is 0.858. The Hall–Kier alpha value is -0.870. The minimum absolute atomic E-state index is 0.0603. The maximum atomic E-state index is 12.2. The van der Waals surface area contributed by atoms with Gasteiger partial charge in [0.1, 0.15) is 0 Å². The SMILES string of the molecule is Cc1cc(C(=O)C2CCCC2C(=O)O)sc1Cl. The molecule has 3 nitrogen and oxygen atoms in total. The Balaban J connectivity index is 2.22. The van der Waals surface area contributed by atoms with Crippen molar-refractivity contribution in [2.45, 2.75) is 26.2 Å². The molecule has 1 saturated carbocycles. The third-order valence-corrected chi connectivity index (χ3v) is 4.84. The van der Waals surface area contributed by atoms with Crippen LogP contribution in [0.4, 0.5) is 0 Å². The molecule has 0 amide bonds. The Labute approximate surface area is 108 Å². The maximum Gasteiger partial charge on any atom is 0.307 e. The number of hydrogen-bond acceptors (Lipinski definition) is 3. The Morgan fingerprint density at radius 3 is 2.59 bits per heavy atom. The number of hydrogen-bond donors (Lipinski definition) is 1. The lowest BCUT2D eigenvalue weighted by Crippen LogP contribution is -2.24. The van der Waals surface area contributed by atoms with E-state index in [0.29, 0.717) is 22.1 Å². The molecule has 1 aliphatic carbocycles. The van der Waals surface area contributed by atoms with Crippen LogP contribution in [0.1, 0.15) is 34.5 Å². The molecule has 2 unspecified atom stereocenters. The fraction of sp³-hybridized carbons (Fsp3) is 0.500. The molecule has 17 heavy (non-hydrogen) atoms. The lowest BCUT2D eigenvalue weighted by atomic mass is 9.91.